The Balaban J connectivity index is 3.04. The van der Waals surface area contributed by atoms with Gasteiger partial charge in [0.15, 0.2) is 0 Å². The van der Waals surface area contributed by atoms with E-state index in [1.165, 1.54) is 103 Å². The third-order valence-corrected chi connectivity index (χ3v) is 5.42. The molecule has 2 heteroatoms. The number of ketones is 1. The lowest BCUT2D eigenvalue weighted by Gasteiger charge is -2.04. The molecule has 0 amide bonds. The summed E-state index contributed by atoms with van der Waals surface area (Å²) >= 11 is 5.60. The van der Waals surface area contributed by atoms with E-state index in [-0.39, 0.29) is 0 Å². The summed E-state index contributed by atoms with van der Waals surface area (Å²) < 4.78 is 0. The molecule has 0 aromatic rings. The number of Topliss-reactive ketones (excluding diaryl/α,β-unsaturated/α-hetero) is 1. The summed E-state index contributed by atoms with van der Waals surface area (Å²) in [4.78, 5) is 11.5. The molecular formula is C23H45ClO. The molecule has 0 radical (unpaired) electrons. The van der Waals surface area contributed by atoms with E-state index in [9.17, 15) is 4.79 Å². The summed E-state index contributed by atoms with van der Waals surface area (Å²) in [5, 5.41) is 0. The summed E-state index contributed by atoms with van der Waals surface area (Å²) in [6, 6.07) is 0. The first-order valence-corrected chi connectivity index (χ1v) is 11.9. The van der Waals surface area contributed by atoms with Gasteiger partial charge in [0.05, 0.1) is 0 Å². The van der Waals surface area contributed by atoms with E-state index in [0.29, 0.717) is 18.1 Å². The molecule has 0 aromatic carbocycles. The fraction of sp³-hybridized carbons (Fsp3) is 0.957. The van der Waals surface area contributed by atoms with Crippen molar-refractivity contribution in [3.8, 4) is 0 Å². The molecule has 0 fully saturated rings. The number of halogens is 1. The van der Waals surface area contributed by atoms with E-state index < -0.39 is 0 Å². The number of alkyl halides is 1. The SMILES string of the molecule is CCCCCCCCCCCCCCCCCCCC(=O)CCCCl. The fourth-order valence-corrected chi connectivity index (χ4v) is 3.57. The number of carbonyl (C=O) groups excluding carboxylic acids is 1. The van der Waals surface area contributed by atoms with Crippen LogP contribution < -0.4 is 0 Å². The van der Waals surface area contributed by atoms with E-state index in [1.54, 1.807) is 0 Å². The van der Waals surface area contributed by atoms with Gasteiger partial charge < -0.3 is 0 Å². The van der Waals surface area contributed by atoms with E-state index in [0.717, 1.165) is 19.3 Å². The Hall–Kier alpha value is -0.0400. The second kappa shape index (κ2) is 22.0. The van der Waals surface area contributed by atoms with Crippen molar-refractivity contribution < 1.29 is 4.79 Å². The summed E-state index contributed by atoms with van der Waals surface area (Å²) in [5.41, 5.74) is 0. The van der Waals surface area contributed by atoms with Crippen LogP contribution in [0.3, 0.4) is 0 Å². The first-order chi connectivity index (χ1) is 12.3. The van der Waals surface area contributed by atoms with Gasteiger partial charge in [0.1, 0.15) is 5.78 Å². The molecule has 0 unspecified atom stereocenters. The molecule has 25 heavy (non-hydrogen) atoms. The van der Waals surface area contributed by atoms with Crippen LogP contribution in [0.1, 0.15) is 135 Å². The Morgan fingerprint density at radius 3 is 1.20 bits per heavy atom. The van der Waals surface area contributed by atoms with Gasteiger partial charge in [-0.3, -0.25) is 4.79 Å². The van der Waals surface area contributed by atoms with Crippen LogP contribution in [0.5, 0.6) is 0 Å². The monoisotopic (exact) mass is 372 g/mol. The van der Waals surface area contributed by atoms with Crippen molar-refractivity contribution in [2.75, 3.05) is 5.88 Å². The minimum atomic E-state index is 0.404. The van der Waals surface area contributed by atoms with Gasteiger partial charge in [-0.05, 0) is 12.8 Å². The molecule has 0 aromatic heterocycles. The molecule has 0 bridgehead atoms. The van der Waals surface area contributed by atoms with Crippen molar-refractivity contribution in [3.05, 3.63) is 0 Å². The topological polar surface area (TPSA) is 17.1 Å². The van der Waals surface area contributed by atoms with E-state index in [1.807, 2.05) is 0 Å². The second-order valence-electron chi connectivity index (χ2n) is 7.74. The minimum Gasteiger partial charge on any atom is -0.300 e. The van der Waals surface area contributed by atoms with Crippen molar-refractivity contribution in [2.24, 2.45) is 0 Å². The maximum Gasteiger partial charge on any atom is 0.132 e. The third kappa shape index (κ3) is 21.9. The highest BCUT2D eigenvalue weighted by Gasteiger charge is 2.01. The Morgan fingerprint density at radius 2 is 0.840 bits per heavy atom. The van der Waals surface area contributed by atoms with Gasteiger partial charge in [0, 0.05) is 18.7 Å². The Kier molecular flexibility index (Phi) is 22.0. The van der Waals surface area contributed by atoms with Crippen LogP contribution in [0.4, 0.5) is 0 Å². The summed E-state index contributed by atoms with van der Waals surface area (Å²) in [6.07, 6.45) is 25.9. The molecule has 0 heterocycles. The average Bonchev–Trinajstić information content (AvgIpc) is 2.62. The molecule has 0 rings (SSSR count). The number of hydrogen-bond acceptors (Lipinski definition) is 1. The normalized spacial score (nSPS) is 11.1. The van der Waals surface area contributed by atoms with Gasteiger partial charge in [-0.25, -0.2) is 0 Å². The van der Waals surface area contributed by atoms with Crippen molar-refractivity contribution in [3.63, 3.8) is 0 Å². The van der Waals surface area contributed by atoms with Gasteiger partial charge in [0.2, 0.25) is 0 Å². The van der Waals surface area contributed by atoms with Gasteiger partial charge >= 0.3 is 0 Å². The summed E-state index contributed by atoms with van der Waals surface area (Å²) in [5.74, 6) is 1.02. The zero-order valence-corrected chi connectivity index (χ0v) is 17.9. The Bertz CT molecular complexity index is 265. The van der Waals surface area contributed by atoms with Gasteiger partial charge in [-0.2, -0.15) is 0 Å². The summed E-state index contributed by atoms with van der Waals surface area (Å²) in [6.45, 7) is 2.29. The van der Waals surface area contributed by atoms with Crippen LogP contribution >= 0.6 is 11.6 Å². The molecular weight excluding hydrogens is 328 g/mol. The maximum absolute atomic E-state index is 11.5. The van der Waals surface area contributed by atoms with Crippen LogP contribution in [0.25, 0.3) is 0 Å². The standard InChI is InChI=1S/C23H45ClO/c1-2-3-4-5-6-7-8-9-10-11-12-13-14-15-16-17-18-20-23(25)21-19-22-24/h2-22H2,1H3. The first kappa shape index (κ1) is 25.0. The highest BCUT2D eigenvalue weighted by molar-refractivity contribution is 6.17. The maximum atomic E-state index is 11.5. The minimum absolute atomic E-state index is 0.404. The zero-order chi connectivity index (χ0) is 18.4. The summed E-state index contributed by atoms with van der Waals surface area (Å²) in [7, 11) is 0. The van der Waals surface area contributed by atoms with Crippen LogP contribution in [0.2, 0.25) is 0 Å². The predicted octanol–water partition coefficient (Wildman–Crippen LogP) is 8.62. The zero-order valence-electron chi connectivity index (χ0n) is 17.1. The smallest absolute Gasteiger partial charge is 0.132 e. The molecule has 0 saturated heterocycles. The molecule has 150 valence electrons. The van der Waals surface area contributed by atoms with Crippen molar-refractivity contribution in [2.45, 2.75) is 135 Å². The van der Waals surface area contributed by atoms with Crippen molar-refractivity contribution in [1.29, 1.82) is 0 Å². The number of rotatable bonds is 21. The Morgan fingerprint density at radius 1 is 0.520 bits per heavy atom. The molecule has 0 saturated carbocycles. The third-order valence-electron chi connectivity index (χ3n) is 5.15. The van der Waals surface area contributed by atoms with E-state index in [2.05, 4.69) is 6.92 Å². The van der Waals surface area contributed by atoms with Gasteiger partial charge in [0.25, 0.3) is 0 Å². The lowest BCUT2D eigenvalue weighted by Crippen LogP contribution is -1.97. The fourth-order valence-electron chi connectivity index (χ4n) is 3.44. The average molecular weight is 373 g/mol. The van der Waals surface area contributed by atoms with Gasteiger partial charge in [-0.15, -0.1) is 11.6 Å². The van der Waals surface area contributed by atoms with E-state index in [4.69, 9.17) is 11.6 Å². The quantitative estimate of drug-likeness (QED) is 0.145. The van der Waals surface area contributed by atoms with Crippen LogP contribution in [-0.4, -0.2) is 11.7 Å². The highest BCUT2D eigenvalue weighted by Crippen LogP contribution is 2.14. The van der Waals surface area contributed by atoms with Crippen molar-refractivity contribution in [1.82, 2.24) is 0 Å². The molecule has 0 spiro atoms. The molecule has 0 aliphatic heterocycles. The Labute approximate surface area is 163 Å². The lowest BCUT2D eigenvalue weighted by atomic mass is 10.0. The largest absolute Gasteiger partial charge is 0.300 e. The van der Waals surface area contributed by atoms with Crippen LogP contribution in [0, 0.1) is 0 Å². The van der Waals surface area contributed by atoms with Crippen molar-refractivity contribution >= 4 is 17.4 Å². The number of carbonyl (C=O) groups is 1. The second-order valence-corrected chi connectivity index (χ2v) is 8.12. The van der Waals surface area contributed by atoms with Gasteiger partial charge in [-0.1, -0.05) is 110 Å². The number of unbranched alkanes of at least 4 members (excludes halogenated alkanes) is 16. The van der Waals surface area contributed by atoms with E-state index >= 15 is 0 Å². The molecule has 0 aliphatic rings. The highest BCUT2D eigenvalue weighted by atomic mass is 35.5. The molecule has 0 aliphatic carbocycles. The van der Waals surface area contributed by atoms with Crippen LogP contribution in [-0.2, 0) is 4.79 Å². The van der Waals surface area contributed by atoms with Crippen LogP contribution in [0.15, 0.2) is 0 Å². The molecule has 1 nitrogen and oxygen atoms in total. The predicted molar refractivity (Wildman–Crippen MR) is 114 cm³/mol. The first-order valence-electron chi connectivity index (χ1n) is 11.4. The molecule has 0 N–H and O–H groups in total. The lowest BCUT2D eigenvalue weighted by molar-refractivity contribution is -0.119. The number of hydrogen-bond donors (Lipinski definition) is 0. The molecule has 0 atom stereocenters.